The summed E-state index contributed by atoms with van der Waals surface area (Å²) < 4.78 is 0. The van der Waals surface area contributed by atoms with E-state index in [-0.39, 0.29) is 5.25 Å². The van der Waals surface area contributed by atoms with Crippen LogP contribution in [0, 0.1) is 23.2 Å². The fourth-order valence-electron chi connectivity index (χ4n) is 1.81. The summed E-state index contributed by atoms with van der Waals surface area (Å²) in [5, 5.41) is 9.12. The number of hydrogen-bond acceptors (Lipinski definition) is 3. The second kappa shape index (κ2) is 5.88. The molecule has 3 atom stereocenters. The molecule has 0 spiro atoms. The van der Waals surface area contributed by atoms with E-state index in [9.17, 15) is 5.26 Å². The first-order valence-corrected chi connectivity index (χ1v) is 6.95. The minimum Gasteiger partial charge on any atom is -0.265 e. The highest BCUT2D eigenvalue weighted by molar-refractivity contribution is 8.03. The van der Waals surface area contributed by atoms with Gasteiger partial charge in [-0.1, -0.05) is 32.1 Å². The van der Waals surface area contributed by atoms with E-state index >= 15 is 0 Å². The Morgan fingerprint density at radius 1 is 1.28 bits per heavy atom. The second-order valence-electron chi connectivity index (χ2n) is 4.55. The lowest BCUT2D eigenvalue weighted by Gasteiger charge is -2.20. The number of aromatic nitrogens is 1. The summed E-state index contributed by atoms with van der Waals surface area (Å²) in [6.45, 7) is 4.42. The van der Waals surface area contributed by atoms with Crippen LogP contribution in [-0.2, 0) is 0 Å². The molecule has 18 heavy (non-hydrogen) atoms. The first-order chi connectivity index (χ1) is 8.70. The molecule has 0 N–H and O–H groups in total. The average Bonchev–Trinajstić information content (AvgIpc) is 2.41. The molecule has 92 valence electrons. The van der Waals surface area contributed by atoms with Crippen molar-refractivity contribution >= 4 is 11.8 Å². The number of pyridine rings is 1. The van der Waals surface area contributed by atoms with Gasteiger partial charge in [0.05, 0.1) is 6.07 Å². The SMILES string of the molecule is CC1C=CC(SC(C#N)c2ccncc2)=CC1C. The third-order valence-electron chi connectivity index (χ3n) is 3.20. The Balaban J connectivity index is 2.12. The molecule has 0 radical (unpaired) electrons. The van der Waals surface area contributed by atoms with Crippen molar-refractivity contribution in [2.24, 2.45) is 11.8 Å². The van der Waals surface area contributed by atoms with Crippen molar-refractivity contribution in [1.82, 2.24) is 4.98 Å². The number of allylic oxidation sites excluding steroid dienone is 3. The van der Waals surface area contributed by atoms with Crippen LogP contribution in [0.5, 0.6) is 0 Å². The van der Waals surface area contributed by atoms with Gasteiger partial charge in [-0.05, 0) is 29.5 Å². The number of hydrogen-bond donors (Lipinski definition) is 0. The maximum Gasteiger partial charge on any atom is 0.121 e. The van der Waals surface area contributed by atoms with E-state index in [0.29, 0.717) is 11.8 Å². The molecule has 0 saturated carbocycles. The molecule has 0 aliphatic heterocycles. The summed E-state index contributed by atoms with van der Waals surface area (Å²) in [7, 11) is 0. The molecule has 0 amide bonds. The molecular formula is C15H16N2S. The molecule has 1 aromatic heterocycles. The summed E-state index contributed by atoms with van der Waals surface area (Å²) >= 11 is 1.61. The smallest absolute Gasteiger partial charge is 0.121 e. The molecule has 1 aromatic rings. The van der Waals surface area contributed by atoms with E-state index in [1.165, 1.54) is 4.91 Å². The summed E-state index contributed by atoms with van der Waals surface area (Å²) in [5.74, 6) is 1.12. The van der Waals surface area contributed by atoms with Gasteiger partial charge in [0.2, 0.25) is 0 Å². The summed E-state index contributed by atoms with van der Waals surface area (Å²) in [6, 6.07) is 6.16. The highest BCUT2D eigenvalue weighted by atomic mass is 32.2. The highest BCUT2D eigenvalue weighted by Crippen LogP contribution is 2.37. The summed E-state index contributed by atoms with van der Waals surface area (Å²) in [5.41, 5.74) is 1.01. The van der Waals surface area contributed by atoms with Gasteiger partial charge in [-0.2, -0.15) is 5.26 Å². The highest BCUT2D eigenvalue weighted by Gasteiger charge is 2.17. The molecule has 0 saturated heterocycles. The van der Waals surface area contributed by atoms with Gasteiger partial charge in [0.1, 0.15) is 5.25 Å². The minimum atomic E-state index is -0.162. The van der Waals surface area contributed by atoms with Crippen molar-refractivity contribution in [3.8, 4) is 6.07 Å². The zero-order valence-electron chi connectivity index (χ0n) is 10.6. The van der Waals surface area contributed by atoms with E-state index < -0.39 is 0 Å². The predicted octanol–water partition coefficient (Wildman–Crippen LogP) is 4.11. The van der Waals surface area contributed by atoms with Gasteiger partial charge in [-0.3, -0.25) is 4.98 Å². The van der Waals surface area contributed by atoms with Crippen LogP contribution in [-0.4, -0.2) is 4.98 Å². The van der Waals surface area contributed by atoms with Crippen LogP contribution in [0.2, 0.25) is 0 Å². The van der Waals surface area contributed by atoms with Crippen LogP contribution < -0.4 is 0 Å². The van der Waals surface area contributed by atoms with Gasteiger partial charge in [0.15, 0.2) is 0 Å². The third-order valence-corrected chi connectivity index (χ3v) is 4.36. The minimum absolute atomic E-state index is 0.162. The third kappa shape index (κ3) is 3.02. The van der Waals surface area contributed by atoms with Gasteiger partial charge in [0.25, 0.3) is 0 Å². The van der Waals surface area contributed by atoms with Crippen LogP contribution in [0.15, 0.2) is 47.7 Å². The molecule has 0 aromatic carbocycles. The Morgan fingerprint density at radius 2 is 2.00 bits per heavy atom. The van der Waals surface area contributed by atoms with E-state index in [1.54, 1.807) is 24.2 Å². The van der Waals surface area contributed by atoms with Gasteiger partial charge in [0, 0.05) is 17.3 Å². The van der Waals surface area contributed by atoms with Crippen molar-refractivity contribution in [2.75, 3.05) is 0 Å². The van der Waals surface area contributed by atoms with Crippen molar-refractivity contribution in [3.05, 3.63) is 53.2 Å². The predicted molar refractivity (Wildman–Crippen MR) is 75.7 cm³/mol. The van der Waals surface area contributed by atoms with Crippen molar-refractivity contribution < 1.29 is 0 Å². The molecule has 1 aliphatic carbocycles. The number of nitriles is 1. The van der Waals surface area contributed by atoms with Crippen LogP contribution in [0.3, 0.4) is 0 Å². The number of nitrogens with zero attached hydrogens (tertiary/aromatic N) is 2. The van der Waals surface area contributed by atoms with Crippen LogP contribution in [0.25, 0.3) is 0 Å². The molecule has 2 nitrogen and oxygen atoms in total. The van der Waals surface area contributed by atoms with Gasteiger partial charge in [-0.15, -0.1) is 11.8 Å². The van der Waals surface area contributed by atoms with E-state index in [0.717, 1.165) is 5.56 Å². The molecule has 1 heterocycles. The molecule has 1 aliphatic rings. The monoisotopic (exact) mass is 256 g/mol. The molecule has 3 heteroatoms. The largest absolute Gasteiger partial charge is 0.265 e. The molecule has 0 bridgehead atoms. The Bertz CT molecular complexity index is 499. The van der Waals surface area contributed by atoms with Crippen molar-refractivity contribution in [3.63, 3.8) is 0 Å². The van der Waals surface area contributed by atoms with E-state index in [1.807, 2.05) is 12.1 Å². The first-order valence-electron chi connectivity index (χ1n) is 6.07. The maximum atomic E-state index is 9.29. The zero-order valence-corrected chi connectivity index (χ0v) is 11.4. The Labute approximate surface area is 112 Å². The number of thioether (sulfide) groups is 1. The number of rotatable bonds is 3. The summed E-state index contributed by atoms with van der Waals surface area (Å²) in [6.07, 6.45) is 10.1. The Hall–Kier alpha value is -1.53. The quantitative estimate of drug-likeness (QED) is 0.816. The van der Waals surface area contributed by atoms with Crippen LogP contribution in [0.1, 0.15) is 24.7 Å². The van der Waals surface area contributed by atoms with Crippen molar-refractivity contribution in [2.45, 2.75) is 19.1 Å². The normalized spacial score (nSPS) is 24.2. The molecular weight excluding hydrogens is 240 g/mol. The Morgan fingerprint density at radius 3 is 2.61 bits per heavy atom. The van der Waals surface area contributed by atoms with Crippen LogP contribution >= 0.6 is 11.8 Å². The lowest BCUT2D eigenvalue weighted by molar-refractivity contribution is 0.551. The standard InChI is InChI=1S/C15H16N2S/c1-11-3-4-14(9-12(11)2)18-15(10-16)13-5-7-17-8-6-13/h3-9,11-12,15H,1-2H3. The van der Waals surface area contributed by atoms with Gasteiger partial charge < -0.3 is 0 Å². The van der Waals surface area contributed by atoms with E-state index in [2.05, 4.69) is 43.1 Å². The average molecular weight is 256 g/mol. The molecule has 0 fully saturated rings. The molecule has 3 unspecified atom stereocenters. The summed E-state index contributed by atoms with van der Waals surface area (Å²) in [4.78, 5) is 5.17. The zero-order chi connectivity index (χ0) is 13.0. The fraction of sp³-hybridized carbons (Fsp3) is 0.333. The lowest BCUT2D eigenvalue weighted by Crippen LogP contribution is -2.06. The van der Waals surface area contributed by atoms with E-state index in [4.69, 9.17) is 0 Å². The van der Waals surface area contributed by atoms with Gasteiger partial charge in [-0.25, -0.2) is 0 Å². The Kier molecular flexibility index (Phi) is 4.22. The lowest BCUT2D eigenvalue weighted by atomic mass is 9.92. The van der Waals surface area contributed by atoms with Crippen molar-refractivity contribution in [1.29, 1.82) is 5.26 Å². The van der Waals surface area contributed by atoms with Gasteiger partial charge >= 0.3 is 0 Å². The van der Waals surface area contributed by atoms with Crippen LogP contribution in [0.4, 0.5) is 0 Å². The first kappa shape index (κ1) is 12.9. The maximum absolute atomic E-state index is 9.29. The molecule has 2 rings (SSSR count). The topological polar surface area (TPSA) is 36.7 Å². The second-order valence-corrected chi connectivity index (χ2v) is 5.73. The fourth-order valence-corrected chi connectivity index (χ4v) is 2.88.